The van der Waals surface area contributed by atoms with E-state index in [1.165, 1.54) is 11.8 Å². The molecule has 0 spiro atoms. The number of esters is 1. The fourth-order valence-corrected chi connectivity index (χ4v) is 3.63. The number of benzene rings is 1. The lowest BCUT2D eigenvalue weighted by Crippen LogP contribution is -2.25. The number of aromatic nitrogens is 1. The van der Waals surface area contributed by atoms with Gasteiger partial charge in [0.2, 0.25) is 0 Å². The Balaban J connectivity index is 1.70. The van der Waals surface area contributed by atoms with Gasteiger partial charge in [-0.25, -0.2) is 4.98 Å². The van der Waals surface area contributed by atoms with Crippen LogP contribution < -0.4 is 5.32 Å². The van der Waals surface area contributed by atoms with Gasteiger partial charge < -0.3 is 10.1 Å². The van der Waals surface area contributed by atoms with Crippen LogP contribution in [0.3, 0.4) is 0 Å². The lowest BCUT2D eigenvalue weighted by molar-refractivity contribution is -0.137. The molecule has 2 aliphatic rings. The van der Waals surface area contributed by atoms with E-state index in [9.17, 15) is 9.59 Å². The molecular weight excluding hydrogens is 312 g/mol. The Kier molecular flexibility index (Phi) is 3.69. The van der Waals surface area contributed by atoms with E-state index in [2.05, 4.69) is 10.3 Å². The third-order valence-electron chi connectivity index (χ3n) is 4.00. The zero-order valence-corrected chi connectivity index (χ0v) is 13.3. The van der Waals surface area contributed by atoms with Gasteiger partial charge in [0, 0.05) is 17.8 Å². The second-order valence-corrected chi connectivity index (χ2v) is 7.06. The van der Waals surface area contributed by atoms with Gasteiger partial charge in [-0.2, -0.15) is 0 Å². The Labute approximate surface area is 137 Å². The Hall–Kier alpha value is -2.08. The summed E-state index contributed by atoms with van der Waals surface area (Å²) in [7, 11) is 0. The summed E-state index contributed by atoms with van der Waals surface area (Å²) in [6.07, 6.45) is 2.77. The topological polar surface area (TPSA) is 68.3 Å². The highest BCUT2D eigenvalue weighted by Crippen LogP contribution is 2.31. The van der Waals surface area contributed by atoms with Gasteiger partial charge in [-0.15, -0.1) is 0 Å². The van der Waals surface area contributed by atoms with Crippen molar-refractivity contribution in [3.05, 3.63) is 35.9 Å². The van der Waals surface area contributed by atoms with E-state index in [4.69, 9.17) is 4.74 Å². The highest BCUT2D eigenvalue weighted by molar-refractivity contribution is 8.00. The number of hydrogen-bond donors (Lipinski definition) is 1. The quantitative estimate of drug-likeness (QED) is 0.874. The number of ether oxygens (including phenoxy) is 1. The van der Waals surface area contributed by atoms with Crippen LogP contribution in [0.5, 0.6) is 0 Å². The molecule has 0 radical (unpaired) electrons. The van der Waals surface area contributed by atoms with Crippen molar-refractivity contribution in [2.24, 2.45) is 0 Å². The minimum atomic E-state index is -0.233. The first kappa shape index (κ1) is 14.5. The van der Waals surface area contributed by atoms with Crippen LogP contribution in [0.25, 0.3) is 10.9 Å². The van der Waals surface area contributed by atoms with E-state index in [1.807, 2.05) is 24.3 Å². The molecule has 1 aliphatic carbocycles. The number of nitrogens with one attached hydrogen (secondary N) is 1. The molecule has 23 heavy (non-hydrogen) atoms. The van der Waals surface area contributed by atoms with Gasteiger partial charge in [0.25, 0.3) is 5.91 Å². The maximum absolute atomic E-state index is 12.5. The average Bonchev–Trinajstić information content (AvgIpc) is 3.28. The van der Waals surface area contributed by atoms with Crippen LogP contribution in [0.15, 0.2) is 35.4 Å². The minimum Gasteiger partial charge on any atom is -0.465 e. The van der Waals surface area contributed by atoms with Crippen LogP contribution in [-0.4, -0.2) is 34.8 Å². The number of hydrogen-bond acceptors (Lipinski definition) is 5. The van der Waals surface area contributed by atoms with Crippen molar-refractivity contribution in [1.29, 1.82) is 0 Å². The fourth-order valence-electron chi connectivity index (χ4n) is 2.62. The summed E-state index contributed by atoms with van der Waals surface area (Å²) in [5.74, 6) is -0.268. The largest absolute Gasteiger partial charge is 0.465 e. The van der Waals surface area contributed by atoms with Gasteiger partial charge in [-0.05, 0) is 25.0 Å². The molecule has 6 heteroatoms. The molecule has 2 fully saturated rings. The third kappa shape index (κ3) is 3.03. The molecule has 1 N–H and O–H groups in total. The molecule has 1 saturated carbocycles. The number of fused-ring (bicyclic) bond motifs is 1. The summed E-state index contributed by atoms with van der Waals surface area (Å²) in [5, 5.41) is 4.32. The first-order chi connectivity index (χ1) is 11.2. The molecule has 1 aromatic heterocycles. The van der Waals surface area contributed by atoms with Crippen LogP contribution in [-0.2, 0) is 9.53 Å². The molecule has 1 amide bonds. The number of pyridine rings is 1. The summed E-state index contributed by atoms with van der Waals surface area (Å²) in [5.41, 5.74) is 1.39. The van der Waals surface area contributed by atoms with Crippen molar-refractivity contribution in [2.75, 3.05) is 6.61 Å². The van der Waals surface area contributed by atoms with E-state index in [1.54, 1.807) is 6.07 Å². The molecule has 1 aliphatic heterocycles. The van der Waals surface area contributed by atoms with Crippen LogP contribution in [0.2, 0.25) is 0 Å². The first-order valence-corrected chi connectivity index (χ1v) is 8.62. The summed E-state index contributed by atoms with van der Waals surface area (Å²) in [4.78, 5) is 28.8. The lowest BCUT2D eigenvalue weighted by atomic mass is 10.1. The normalized spacial score (nSPS) is 20.5. The van der Waals surface area contributed by atoms with Gasteiger partial charge in [0.15, 0.2) is 0 Å². The van der Waals surface area contributed by atoms with Crippen LogP contribution in [0.1, 0.15) is 29.6 Å². The Bertz CT molecular complexity index is 789. The van der Waals surface area contributed by atoms with Crippen molar-refractivity contribution in [1.82, 2.24) is 10.3 Å². The Morgan fingerprint density at radius 1 is 1.26 bits per heavy atom. The van der Waals surface area contributed by atoms with Crippen LogP contribution in [0.4, 0.5) is 0 Å². The molecule has 0 bridgehead atoms. The molecule has 1 saturated heterocycles. The van der Waals surface area contributed by atoms with Crippen molar-refractivity contribution in [2.45, 2.75) is 35.6 Å². The number of carbonyl (C=O) groups excluding carboxylic acids is 2. The lowest BCUT2D eigenvalue weighted by Gasteiger charge is -2.11. The van der Waals surface area contributed by atoms with Gasteiger partial charge in [-0.1, -0.05) is 30.0 Å². The van der Waals surface area contributed by atoms with Crippen molar-refractivity contribution in [3.63, 3.8) is 0 Å². The maximum atomic E-state index is 12.5. The molecule has 0 unspecified atom stereocenters. The molecule has 2 aromatic rings. The fraction of sp³-hybridized carbons (Fsp3) is 0.353. The summed E-state index contributed by atoms with van der Waals surface area (Å²) in [6.45, 7) is 0.457. The van der Waals surface area contributed by atoms with Crippen LogP contribution in [0, 0.1) is 0 Å². The van der Waals surface area contributed by atoms with E-state index in [0.717, 1.165) is 23.7 Å². The highest BCUT2D eigenvalue weighted by Gasteiger charge is 2.29. The standard InChI is InChI=1S/C17H16N2O3S/c20-16(18-10-5-6-10)12-9-15(23-14-7-8-22-17(14)21)19-13-4-2-1-3-11(12)13/h1-4,9-10,14H,5-8H2,(H,18,20)/t14-/m1/s1. The van der Waals surface area contributed by atoms with E-state index in [-0.39, 0.29) is 17.1 Å². The molecule has 118 valence electrons. The van der Waals surface area contributed by atoms with Crippen molar-refractivity contribution in [3.8, 4) is 0 Å². The number of amides is 1. The highest BCUT2D eigenvalue weighted by atomic mass is 32.2. The van der Waals surface area contributed by atoms with E-state index >= 15 is 0 Å². The zero-order chi connectivity index (χ0) is 15.8. The van der Waals surface area contributed by atoms with Crippen molar-refractivity contribution >= 4 is 34.5 Å². The van der Waals surface area contributed by atoms with Gasteiger partial charge in [-0.3, -0.25) is 9.59 Å². The number of carbonyl (C=O) groups is 2. The maximum Gasteiger partial charge on any atom is 0.319 e. The number of thioether (sulfide) groups is 1. The molecule has 4 rings (SSSR count). The smallest absolute Gasteiger partial charge is 0.319 e. The van der Waals surface area contributed by atoms with E-state index < -0.39 is 0 Å². The van der Waals surface area contributed by atoms with Gasteiger partial charge >= 0.3 is 5.97 Å². The average molecular weight is 328 g/mol. The van der Waals surface area contributed by atoms with E-state index in [0.29, 0.717) is 29.7 Å². The molecule has 2 heterocycles. The van der Waals surface area contributed by atoms with Gasteiger partial charge in [0.05, 0.1) is 22.7 Å². The number of rotatable bonds is 4. The summed E-state index contributed by atoms with van der Waals surface area (Å²) in [6, 6.07) is 9.68. The molecule has 5 nitrogen and oxygen atoms in total. The number of nitrogens with zero attached hydrogens (tertiary/aromatic N) is 1. The monoisotopic (exact) mass is 328 g/mol. The second-order valence-electron chi connectivity index (χ2n) is 5.84. The molecule has 1 aromatic carbocycles. The predicted octanol–water partition coefficient (Wildman–Crippen LogP) is 2.53. The predicted molar refractivity (Wildman–Crippen MR) is 87.5 cm³/mol. The van der Waals surface area contributed by atoms with Gasteiger partial charge in [0.1, 0.15) is 5.25 Å². The Morgan fingerprint density at radius 3 is 2.83 bits per heavy atom. The van der Waals surface area contributed by atoms with Crippen molar-refractivity contribution < 1.29 is 14.3 Å². The number of cyclic esters (lactones) is 1. The third-order valence-corrected chi connectivity index (χ3v) is 5.16. The minimum absolute atomic E-state index is 0.0676. The first-order valence-electron chi connectivity index (χ1n) is 7.74. The molecule has 1 atom stereocenters. The zero-order valence-electron chi connectivity index (χ0n) is 12.5. The summed E-state index contributed by atoms with van der Waals surface area (Å²) < 4.78 is 5.00. The Morgan fingerprint density at radius 2 is 2.09 bits per heavy atom. The van der Waals surface area contributed by atoms with Crippen LogP contribution >= 0.6 is 11.8 Å². The number of para-hydroxylation sites is 1. The molecular formula is C17H16N2O3S. The summed E-state index contributed by atoms with van der Waals surface area (Å²) >= 11 is 1.37. The SMILES string of the molecule is O=C(NC1CC1)c1cc(S[C@@H]2CCOC2=O)nc2ccccc12. The second kappa shape index (κ2) is 5.85.